The topological polar surface area (TPSA) is 52.3 Å². The lowest BCUT2D eigenvalue weighted by molar-refractivity contribution is -0.170. The van der Waals surface area contributed by atoms with Gasteiger partial charge in [0.2, 0.25) is 0 Å². The quantitative estimate of drug-likeness (QED) is 0.796. The van der Waals surface area contributed by atoms with E-state index in [9.17, 15) is 4.79 Å². The van der Waals surface area contributed by atoms with Gasteiger partial charge in [-0.1, -0.05) is 27.2 Å². The van der Waals surface area contributed by atoms with E-state index < -0.39 is 11.0 Å². The van der Waals surface area contributed by atoms with Crippen LogP contribution in [0.5, 0.6) is 0 Å². The summed E-state index contributed by atoms with van der Waals surface area (Å²) >= 11 is 0. The molecule has 0 spiro atoms. The van der Waals surface area contributed by atoms with Crippen LogP contribution in [0.1, 0.15) is 73.6 Å². The first-order valence-corrected chi connectivity index (χ1v) is 8.00. The zero-order valence-corrected chi connectivity index (χ0v) is 14.2. The molecular formula is C17H33NO2. The lowest BCUT2D eigenvalue weighted by atomic mass is 9.62. The fourth-order valence-corrected chi connectivity index (χ4v) is 3.12. The van der Waals surface area contributed by atoms with Crippen LogP contribution >= 0.6 is 0 Å². The van der Waals surface area contributed by atoms with Gasteiger partial charge in [0, 0.05) is 6.54 Å². The van der Waals surface area contributed by atoms with Crippen LogP contribution in [-0.2, 0) is 9.53 Å². The highest BCUT2D eigenvalue weighted by Gasteiger charge is 2.45. The predicted octanol–water partition coefficient (Wildman–Crippen LogP) is 3.90. The molecule has 1 aliphatic rings. The first-order chi connectivity index (χ1) is 9.06. The summed E-state index contributed by atoms with van der Waals surface area (Å²) in [5.74, 6) is 0.592. The third-order valence-electron chi connectivity index (χ3n) is 5.18. The third-order valence-corrected chi connectivity index (χ3v) is 5.18. The number of carbonyl (C=O) groups excluding carboxylic acids is 1. The molecule has 1 rings (SSSR count). The van der Waals surface area contributed by atoms with Gasteiger partial charge in [0.15, 0.2) is 0 Å². The molecule has 0 aromatic heterocycles. The molecule has 0 aromatic rings. The average molecular weight is 283 g/mol. The zero-order chi connectivity index (χ0) is 15.6. The Morgan fingerprint density at radius 2 is 1.70 bits per heavy atom. The van der Waals surface area contributed by atoms with Crippen LogP contribution in [0.25, 0.3) is 0 Å². The molecule has 1 saturated carbocycles. The standard InChI is InChI=1S/C17H33NO2/c1-7-16(5,6)13-8-10-17(12-18,11-9-13)14(19)20-15(2,3)4/h13H,7-12,18H2,1-6H3. The smallest absolute Gasteiger partial charge is 0.313 e. The van der Waals surface area contributed by atoms with E-state index in [1.54, 1.807) is 0 Å². The minimum absolute atomic E-state index is 0.0970. The lowest BCUT2D eigenvalue weighted by Crippen LogP contribution is -2.46. The van der Waals surface area contributed by atoms with Gasteiger partial charge in [0.25, 0.3) is 0 Å². The molecule has 3 heteroatoms. The predicted molar refractivity (Wildman–Crippen MR) is 83.4 cm³/mol. The maximum atomic E-state index is 12.5. The van der Waals surface area contributed by atoms with Crippen molar-refractivity contribution in [2.75, 3.05) is 6.54 Å². The molecule has 0 radical (unpaired) electrons. The number of hydrogen-bond donors (Lipinski definition) is 1. The molecule has 0 atom stereocenters. The summed E-state index contributed by atoms with van der Waals surface area (Å²) in [5.41, 5.74) is 5.42. The second kappa shape index (κ2) is 6.05. The molecular weight excluding hydrogens is 250 g/mol. The van der Waals surface area contributed by atoms with Crippen molar-refractivity contribution in [1.29, 1.82) is 0 Å². The van der Waals surface area contributed by atoms with Gasteiger partial charge in [-0.15, -0.1) is 0 Å². The Kier molecular flexibility index (Phi) is 5.29. The highest BCUT2D eigenvalue weighted by Crippen LogP contribution is 2.47. The van der Waals surface area contributed by atoms with Crippen molar-refractivity contribution in [3.8, 4) is 0 Å². The summed E-state index contributed by atoms with van der Waals surface area (Å²) in [6.45, 7) is 13.1. The maximum absolute atomic E-state index is 12.5. The fourth-order valence-electron chi connectivity index (χ4n) is 3.12. The van der Waals surface area contributed by atoms with Gasteiger partial charge in [0.05, 0.1) is 5.41 Å². The van der Waals surface area contributed by atoms with Crippen molar-refractivity contribution in [1.82, 2.24) is 0 Å². The minimum atomic E-state index is -0.451. The number of rotatable bonds is 4. The van der Waals surface area contributed by atoms with Crippen molar-refractivity contribution in [2.24, 2.45) is 22.5 Å². The number of carbonyl (C=O) groups is 1. The van der Waals surface area contributed by atoms with Gasteiger partial charge in [0.1, 0.15) is 5.60 Å². The maximum Gasteiger partial charge on any atom is 0.313 e. The van der Waals surface area contributed by atoms with E-state index in [0.29, 0.717) is 17.9 Å². The monoisotopic (exact) mass is 283 g/mol. The van der Waals surface area contributed by atoms with Gasteiger partial charge in [-0.2, -0.15) is 0 Å². The normalized spacial score (nSPS) is 28.2. The van der Waals surface area contributed by atoms with Crippen molar-refractivity contribution in [3.05, 3.63) is 0 Å². The summed E-state index contributed by atoms with van der Waals surface area (Å²) < 4.78 is 5.60. The van der Waals surface area contributed by atoms with Crippen LogP contribution in [0.15, 0.2) is 0 Å². The van der Waals surface area contributed by atoms with Crippen LogP contribution in [-0.4, -0.2) is 18.1 Å². The molecule has 0 heterocycles. The van der Waals surface area contributed by atoms with Crippen molar-refractivity contribution in [3.63, 3.8) is 0 Å². The van der Waals surface area contributed by atoms with E-state index in [2.05, 4.69) is 20.8 Å². The largest absolute Gasteiger partial charge is 0.460 e. The molecule has 0 aliphatic heterocycles. The Balaban J connectivity index is 2.74. The van der Waals surface area contributed by atoms with Crippen LogP contribution in [0.4, 0.5) is 0 Å². The zero-order valence-electron chi connectivity index (χ0n) is 14.2. The van der Waals surface area contributed by atoms with Crippen molar-refractivity contribution in [2.45, 2.75) is 79.2 Å². The number of ether oxygens (including phenoxy) is 1. The third kappa shape index (κ3) is 3.97. The molecule has 1 fully saturated rings. The summed E-state index contributed by atoms with van der Waals surface area (Å²) in [6, 6.07) is 0. The summed E-state index contributed by atoms with van der Waals surface area (Å²) in [5, 5.41) is 0. The molecule has 2 N–H and O–H groups in total. The Labute approximate surface area is 124 Å². The number of hydrogen-bond acceptors (Lipinski definition) is 3. The van der Waals surface area contributed by atoms with Crippen molar-refractivity contribution < 1.29 is 9.53 Å². The van der Waals surface area contributed by atoms with E-state index in [0.717, 1.165) is 25.7 Å². The van der Waals surface area contributed by atoms with E-state index in [-0.39, 0.29) is 5.97 Å². The molecule has 1 aliphatic carbocycles. The van der Waals surface area contributed by atoms with E-state index >= 15 is 0 Å². The average Bonchev–Trinajstić information content (AvgIpc) is 2.36. The van der Waals surface area contributed by atoms with E-state index in [1.165, 1.54) is 6.42 Å². The van der Waals surface area contributed by atoms with Crippen LogP contribution in [0.2, 0.25) is 0 Å². The second-order valence-electron chi connectivity index (χ2n) is 8.10. The van der Waals surface area contributed by atoms with Crippen LogP contribution in [0.3, 0.4) is 0 Å². The molecule has 0 saturated heterocycles. The van der Waals surface area contributed by atoms with Gasteiger partial charge in [-0.05, 0) is 57.8 Å². The highest BCUT2D eigenvalue weighted by atomic mass is 16.6. The molecule has 20 heavy (non-hydrogen) atoms. The lowest BCUT2D eigenvalue weighted by Gasteiger charge is -2.44. The molecule has 0 unspecified atom stereocenters. The van der Waals surface area contributed by atoms with E-state index in [4.69, 9.17) is 10.5 Å². The van der Waals surface area contributed by atoms with Crippen LogP contribution in [0, 0.1) is 16.7 Å². The first kappa shape index (κ1) is 17.5. The van der Waals surface area contributed by atoms with Crippen LogP contribution < -0.4 is 5.73 Å². The van der Waals surface area contributed by atoms with Gasteiger partial charge >= 0.3 is 5.97 Å². The minimum Gasteiger partial charge on any atom is -0.460 e. The summed E-state index contributed by atoms with van der Waals surface area (Å²) in [7, 11) is 0. The molecule has 3 nitrogen and oxygen atoms in total. The second-order valence-corrected chi connectivity index (χ2v) is 8.10. The number of esters is 1. The molecule has 118 valence electrons. The Hall–Kier alpha value is -0.570. The van der Waals surface area contributed by atoms with Gasteiger partial charge in [-0.25, -0.2) is 0 Å². The molecule has 0 bridgehead atoms. The van der Waals surface area contributed by atoms with Crippen molar-refractivity contribution >= 4 is 5.97 Å². The summed E-state index contributed by atoms with van der Waals surface area (Å²) in [4.78, 5) is 12.5. The number of nitrogens with two attached hydrogens (primary N) is 1. The van der Waals surface area contributed by atoms with Gasteiger partial charge in [-0.3, -0.25) is 4.79 Å². The van der Waals surface area contributed by atoms with Gasteiger partial charge < -0.3 is 10.5 Å². The summed E-state index contributed by atoms with van der Waals surface area (Å²) in [6.07, 6.45) is 5.08. The Morgan fingerprint density at radius 3 is 2.05 bits per heavy atom. The Morgan fingerprint density at radius 1 is 1.20 bits per heavy atom. The SMILES string of the molecule is CCC(C)(C)C1CCC(CN)(C(=O)OC(C)(C)C)CC1. The molecule has 0 aromatic carbocycles. The van der Waals surface area contributed by atoms with E-state index in [1.807, 2.05) is 20.8 Å². The highest BCUT2D eigenvalue weighted by molar-refractivity contribution is 5.77. The fraction of sp³-hybridized carbons (Fsp3) is 0.941. The molecule has 0 amide bonds. The first-order valence-electron chi connectivity index (χ1n) is 8.00. The Bertz CT molecular complexity index is 333.